The van der Waals surface area contributed by atoms with Gasteiger partial charge in [-0.3, -0.25) is 9.69 Å². The number of carbonyl (C=O) groups excluding carboxylic acids is 1. The molecule has 5 heteroatoms. The average molecular weight is 289 g/mol. The standard InChI is InChI=1S/C8H18N2O.C5H11NO.C2H6/c1-2-9-3-4-10-5-7-11-8-6-10;1-4-5(7)6(2)3;1-2/h9H,2-8H2,1H3;4H2,1-3H3;1-2H3. The van der Waals surface area contributed by atoms with Gasteiger partial charge in [0.15, 0.2) is 0 Å². The van der Waals surface area contributed by atoms with Gasteiger partial charge in [-0.05, 0) is 6.54 Å². The summed E-state index contributed by atoms with van der Waals surface area (Å²) in [5.74, 6) is 0.181. The molecule has 0 aromatic rings. The van der Waals surface area contributed by atoms with Crippen molar-refractivity contribution in [2.75, 3.05) is 60.0 Å². The molecule has 1 N–H and O–H groups in total. The van der Waals surface area contributed by atoms with E-state index in [2.05, 4.69) is 17.1 Å². The Bertz CT molecular complexity index is 205. The number of rotatable bonds is 5. The molecule has 1 heterocycles. The Hall–Kier alpha value is -0.650. The number of likely N-dealkylation sites (N-methyl/N-ethyl adjacent to an activating group) is 1. The van der Waals surface area contributed by atoms with E-state index in [0.717, 1.165) is 45.9 Å². The second-order valence-electron chi connectivity index (χ2n) is 4.45. The van der Waals surface area contributed by atoms with Gasteiger partial charge >= 0.3 is 0 Å². The van der Waals surface area contributed by atoms with Crippen molar-refractivity contribution in [2.24, 2.45) is 0 Å². The van der Waals surface area contributed by atoms with Crippen LogP contribution in [0.2, 0.25) is 0 Å². The zero-order chi connectivity index (χ0) is 15.8. The highest BCUT2D eigenvalue weighted by Gasteiger charge is 2.08. The van der Waals surface area contributed by atoms with Crippen molar-refractivity contribution in [3.63, 3.8) is 0 Å². The number of amides is 1. The van der Waals surface area contributed by atoms with Crippen molar-refractivity contribution in [1.82, 2.24) is 15.1 Å². The molecular weight excluding hydrogens is 254 g/mol. The molecular formula is C15H35N3O2. The molecule has 0 atom stereocenters. The summed E-state index contributed by atoms with van der Waals surface area (Å²) in [6, 6.07) is 0. The first-order chi connectivity index (χ1) is 9.61. The highest BCUT2D eigenvalue weighted by Crippen LogP contribution is 1.94. The third kappa shape index (κ3) is 13.8. The molecule has 20 heavy (non-hydrogen) atoms. The molecule has 1 aliphatic heterocycles. The zero-order valence-corrected chi connectivity index (χ0v) is 14.4. The maximum absolute atomic E-state index is 10.4. The molecule has 1 aliphatic rings. The van der Waals surface area contributed by atoms with Crippen LogP contribution in [0.25, 0.3) is 0 Å². The topological polar surface area (TPSA) is 44.8 Å². The molecule has 1 saturated heterocycles. The minimum atomic E-state index is 0.181. The minimum absolute atomic E-state index is 0.181. The lowest BCUT2D eigenvalue weighted by Gasteiger charge is -2.26. The predicted octanol–water partition coefficient (Wildman–Crippen LogP) is 1.44. The van der Waals surface area contributed by atoms with E-state index in [1.165, 1.54) is 0 Å². The molecule has 0 unspecified atom stereocenters. The predicted molar refractivity (Wildman–Crippen MR) is 86.1 cm³/mol. The van der Waals surface area contributed by atoms with Crippen molar-refractivity contribution in [3.8, 4) is 0 Å². The lowest BCUT2D eigenvalue weighted by atomic mass is 10.4. The first-order valence-corrected chi connectivity index (χ1v) is 7.82. The number of hydrogen-bond acceptors (Lipinski definition) is 4. The van der Waals surface area contributed by atoms with E-state index in [4.69, 9.17) is 4.74 Å². The highest BCUT2D eigenvalue weighted by atomic mass is 16.5. The van der Waals surface area contributed by atoms with E-state index in [9.17, 15) is 4.79 Å². The van der Waals surface area contributed by atoms with E-state index in [-0.39, 0.29) is 5.91 Å². The molecule has 0 radical (unpaired) electrons. The quantitative estimate of drug-likeness (QED) is 0.778. The normalized spacial score (nSPS) is 14.5. The summed E-state index contributed by atoms with van der Waals surface area (Å²) in [4.78, 5) is 14.5. The number of morpholine rings is 1. The van der Waals surface area contributed by atoms with Gasteiger partial charge in [-0.15, -0.1) is 0 Å². The third-order valence-corrected chi connectivity index (χ3v) is 2.76. The molecule has 0 bridgehead atoms. The number of nitrogens with one attached hydrogen (secondary N) is 1. The maximum atomic E-state index is 10.4. The summed E-state index contributed by atoms with van der Waals surface area (Å²) in [6.45, 7) is 15.4. The molecule has 1 fully saturated rings. The molecule has 122 valence electrons. The van der Waals surface area contributed by atoms with Crippen molar-refractivity contribution in [3.05, 3.63) is 0 Å². The Morgan fingerprint density at radius 2 is 1.75 bits per heavy atom. The van der Waals surface area contributed by atoms with Gasteiger partial charge in [0, 0.05) is 46.7 Å². The summed E-state index contributed by atoms with van der Waals surface area (Å²) >= 11 is 0. The van der Waals surface area contributed by atoms with Gasteiger partial charge < -0.3 is 15.0 Å². The van der Waals surface area contributed by atoms with Gasteiger partial charge in [-0.2, -0.15) is 0 Å². The van der Waals surface area contributed by atoms with Gasteiger partial charge in [0.2, 0.25) is 5.91 Å². The van der Waals surface area contributed by atoms with Crippen molar-refractivity contribution >= 4 is 5.91 Å². The van der Waals surface area contributed by atoms with Crippen molar-refractivity contribution in [2.45, 2.75) is 34.1 Å². The van der Waals surface area contributed by atoms with Crippen LogP contribution in [0, 0.1) is 0 Å². The van der Waals surface area contributed by atoms with Crippen LogP contribution in [0.15, 0.2) is 0 Å². The van der Waals surface area contributed by atoms with Gasteiger partial charge in [-0.1, -0.05) is 27.7 Å². The maximum Gasteiger partial charge on any atom is 0.221 e. The van der Waals surface area contributed by atoms with Crippen molar-refractivity contribution in [1.29, 1.82) is 0 Å². The SMILES string of the molecule is CC.CCC(=O)N(C)C.CCNCCN1CCOCC1. The summed E-state index contributed by atoms with van der Waals surface area (Å²) in [7, 11) is 3.51. The second kappa shape index (κ2) is 16.4. The largest absolute Gasteiger partial charge is 0.379 e. The summed E-state index contributed by atoms with van der Waals surface area (Å²) in [6.07, 6.45) is 0.604. The molecule has 0 spiro atoms. The Kier molecular flexibility index (Phi) is 17.8. The first-order valence-electron chi connectivity index (χ1n) is 7.82. The number of hydrogen-bond donors (Lipinski definition) is 1. The van der Waals surface area contributed by atoms with Gasteiger partial charge in [0.25, 0.3) is 0 Å². The molecule has 0 aromatic carbocycles. The summed E-state index contributed by atoms with van der Waals surface area (Å²) in [5, 5.41) is 3.31. The Morgan fingerprint density at radius 1 is 1.20 bits per heavy atom. The van der Waals surface area contributed by atoms with Crippen LogP contribution in [-0.2, 0) is 9.53 Å². The monoisotopic (exact) mass is 289 g/mol. The van der Waals surface area contributed by atoms with E-state index < -0.39 is 0 Å². The minimum Gasteiger partial charge on any atom is -0.379 e. The Morgan fingerprint density at radius 3 is 2.10 bits per heavy atom. The first kappa shape index (κ1) is 21.6. The fourth-order valence-electron chi connectivity index (χ4n) is 1.55. The van der Waals surface area contributed by atoms with Crippen LogP contribution in [0.1, 0.15) is 34.1 Å². The number of carbonyl (C=O) groups is 1. The molecule has 0 saturated carbocycles. The highest BCUT2D eigenvalue weighted by molar-refractivity contribution is 5.75. The van der Waals surface area contributed by atoms with E-state index in [1.54, 1.807) is 19.0 Å². The fraction of sp³-hybridized carbons (Fsp3) is 0.933. The average Bonchev–Trinajstić information content (AvgIpc) is 2.50. The third-order valence-electron chi connectivity index (χ3n) is 2.76. The summed E-state index contributed by atoms with van der Waals surface area (Å²) < 4.78 is 5.24. The lowest BCUT2D eigenvalue weighted by molar-refractivity contribution is -0.128. The zero-order valence-electron chi connectivity index (χ0n) is 14.4. The molecule has 1 amide bonds. The smallest absolute Gasteiger partial charge is 0.221 e. The van der Waals surface area contributed by atoms with Gasteiger partial charge in [0.05, 0.1) is 13.2 Å². The Labute approximate surface area is 125 Å². The fourth-order valence-corrected chi connectivity index (χ4v) is 1.55. The second-order valence-corrected chi connectivity index (χ2v) is 4.45. The molecule has 5 nitrogen and oxygen atoms in total. The van der Waals surface area contributed by atoms with E-state index >= 15 is 0 Å². The van der Waals surface area contributed by atoms with E-state index in [1.807, 2.05) is 20.8 Å². The van der Waals surface area contributed by atoms with Crippen LogP contribution in [0.4, 0.5) is 0 Å². The van der Waals surface area contributed by atoms with Crippen LogP contribution < -0.4 is 5.32 Å². The van der Waals surface area contributed by atoms with Crippen molar-refractivity contribution < 1.29 is 9.53 Å². The number of ether oxygens (including phenoxy) is 1. The van der Waals surface area contributed by atoms with Crippen LogP contribution in [-0.4, -0.2) is 75.7 Å². The molecule has 0 aromatic heterocycles. The molecule has 1 rings (SSSR count). The summed E-state index contributed by atoms with van der Waals surface area (Å²) in [5.41, 5.74) is 0. The lowest BCUT2D eigenvalue weighted by Crippen LogP contribution is -2.40. The van der Waals surface area contributed by atoms with Gasteiger partial charge in [-0.25, -0.2) is 0 Å². The van der Waals surface area contributed by atoms with Crippen LogP contribution >= 0.6 is 0 Å². The van der Waals surface area contributed by atoms with Crippen LogP contribution in [0.5, 0.6) is 0 Å². The molecule has 0 aliphatic carbocycles. The number of nitrogens with zero attached hydrogens (tertiary/aromatic N) is 2. The van der Waals surface area contributed by atoms with E-state index in [0.29, 0.717) is 6.42 Å². The van der Waals surface area contributed by atoms with Gasteiger partial charge in [0.1, 0.15) is 0 Å². The van der Waals surface area contributed by atoms with Crippen LogP contribution in [0.3, 0.4) is 0 Å². The Balaban J connectivity index is 0.